The summed E-state index contributed by atoms with van der Waals surface area (Å²) in [7, 11) is -1.86. The molecule has 11 heteroatoms. The molecule has 2 aliphatic heterocycles. The van der Waals surface area contributed by atoms with E-state index >= 15 is 4.11 Å². The number of hydrogen-bond donors (Lipinski definition) is 3. The van der Waals surface area contributed by atoms with Gasteiger partial charge in [-0.2, -0.15) is 0 Å². The summed E-state index contributed by atoms with van der Waals surface area (Å²) < 4.78 is 22.6. The molecule has 2 aromatic rings. The van der Waals surface area contributed by atoms with Crippen LogP contribution in [0.5, 0.6) is 0 Å². The van der Waals surface area contributed by atoms with Gasteiger partial charge in [-0.15, -0.1) is 0 Å². The highest BCUT2D eigenvalue weighted by molar-refractivity contribution is 6.72. The number of nitrogens with one attached hydrogen (secondary N) is 1. The number of likely N-dealkylation sites (N-methyl/N-ethyl adjacent to an activating group) is 1. The van der Waals surface area contributed by atoms with Crippen molar-refractivity contribution in [1.82, 2.24) is 4.90 Å². The topological polar surface area (TPSA) is 119 Å². The van der Waals surface area contributed by atoms with Crippen LogP contribution >= 0.6 is 0 Å². The van der Waals surface area contributed by atoms with Crippen molar-refractivity contribution in [3.63, 3.8) is 0 Å². The zero-order chi connectivity index (χ0) is 29.4. The predicted molar refractivity (Wildman–Crippen MR) is 152 cm³/mol. The van der Waals surface area contributed by atoms with Gasteiger partial charge in [-0.25, -0.2) is 0 Å². The van der Waals surface area contributed by atoms with Crippen LogP contribution in [0.25, 0.3) is 0 Å². The molecule has 0 saturated carbocycles. The summed E-state index contributed by atoms with van der Waals surface area (Å²) in [5.74, 6) is -1.86. The second-order valence-corrected chi connectivity index (χ2v) is 15.1. The van der Waals surface area contributed by atoms with Crippen molar-refractivity contribution in [2.45, 2.75) is 63.3 Å². The van der Waals surface area contributed by atoms with Crippen molar-refractivity contribution in [2.24, 2.45) is 5.92 Å². The normalized spacial score (nSPS) is 24.8. The molecule has 0 unspecified atom stereocenters. The SMILES string of the molecule is C[C@H](O)C(=O)Nc1ccc2c(c1)[C@@]1(O[C@H](CC(=O)N(CCO)Cc3ccccc3)[C@@H]([Si](C)(C)F)[C@@H]1C)C(=O)N2C. The van der Waals surface area contributed by atoms with Crippen LogP contribution in [-0.2, 0) is 31.3 Å². The van der Waals surface area contributed by atoms with E-state index in [2.05, 4.69) is 5.32 Å². The van der Waals surface area contributed by atoms with Crippen molar-refractivity contribution < 1.29 is 33.4 Å². The maximum Gasteiger partial charge on any atom is 0.264 e. The van der Waals surface area contributed by atoms with Crippen LogP contribution in [-0.4, -0.2) is 73.6 Å². The fraction of sp³-hybridized carbons (Fsp3) is 0.483. The molecule has 9 nitrogen and oxygen atoms in total. The fourth-order valence-corrected chi connectivity index (χ4v) is 8.69. The monoisotopic (exact) mass is 571 g/mol. The number of aliphatic hydroxyl groups is 2. The number of anilines is 2. The summed E-state index contributed by atoms with van der Waals surface area (Å²) >= 11 is 0. The van der Waals surface area contributed by atoms with Gasteiger partial charge in [0.15, 0.2) is 5.60 Å². The number of aliphatic hydroxyl groups excluding tert-OH is 2. The molecule has 40 heavy (non-hydrogen) atoms. The second-order valence-electron chi connectivity index (χ2n) is 11.3. The van der Waals surface area contributed by atoms with Crippen LogP contribution in [0.4, 0.5) is 15.5 Å². The Kier molecular flexibility index (Phi) is 8.51. The van der Waals surface area contributed by atoms with Crippen molar-refractivity contribution in [3.8, 4) is 0 Å². The van der Waals surface area contributed by atoms with Crippen molar-refractivity contribution >= 4 is 37.5 Å². The van der Waals surface area contributed by atoms with Gasteiger partial charge < -0.3 is 34.2 Å². The van der Waals surface area contributed by atoms with E-state index in [1.165, 1.54) is 16.7 Å². The molecule has 4 rings (SSSR count). The zero-order valence-electron chi connectivity index (χ0n) is 23.6. The van der Waals surface area contributed by atoms with Crippen LogP contribution in [0.2, 0.25) is 18.6 Å². The Labute approximate surface area is 235 Å². The summed E-state index contributed by atoms with van der Waals surface area (Å²) in [5, 5.41) is 21.9. The quantitative estimate of drug-likeness (QED) is 0.314. The van der Waals surface area contributed by atoms with Crippen molar-refractivity contribution in [1.29, 1.82) is 0 Å². The lowest BCUT2D eigenvalue weighted by Crippen LogP contribution is -2.44. The molecule has 0 bridgehead atoms. The molecule has 0 aromatic heterocycles. The van der Waals surface area contributed by atoms with Crippen LogP contribution in [0, 0.1) is 5.92 Å². The molecule has 3 amide bonds. The summed E-state index contributed by atoms with van der Waals surface area (Å²) in [6.07, 6.45) is -2.25. The molecule has 1 spiro atoms. The van der Waals surface area contributed by atoms with Gasteiger partial charge >= 0.3 is 0 Å². The number of carbonyl (C=O) groups excluding carboxylic acids is 3. The number of rotatable bonds is 9. The smallest absolute Gasteiger partial charge is 0.264 e. The van der Waals surface area contributed by atoms with Gasteiger partial charge in [-0.1, -0.05) is 37.3 Å². The number of ether oxygens (including phenoxy) is 1. The first-order valence-corrected chi connectivity index (χ1v) is 16.5. The van der Waals surface area contributed by atoms with E-state index in [4.69, 9.17) is 4.74 Å². The number of carbonyl (C=O) groups is 3. The lowest BCUT2D eigenvalue weighted by Gasteiger charge is -2.31. The van der Waals surface area contributed by atoms with Gasteiger partial charge in [0.05, 0.1) is 24.8 Å². The van der Waals surface area contributed by atoms with Crippen molar-refractivity contribution in [3.05, 3.63) is 59.7 Å². The number of fused-ring (bicyclic) bond motifs is 2. The first-order chi connectivity index (χ1) is 18.8. The highest BCUT2D eigenvalue weighted by atomic mass is 28.4. The molecule has 216 valence electrons. The van der Waals surface area contributed by atoms with E-state index in [-0.39, 0.29) is 37.9 Å². The predicted octanol–water partition coefficient (Wildman–Crippen LogP) is 3.17. The highest BCUT2D eigenvalue weighted by Crippen LogP contribution is 2.60. The second kappa shape index (κ2) is 11.4. The minimum absolute atomic E-state index is 0.110. The number of benzene rings is 2. The standard InChI is InChI=1S/C29H38FN3O6Si/c1-18-26(40(4,5)30)24(16-25(36)33(13-14-34)17-20-9-7-6-8-10-20)39-29(18)22-15-21(31-27(37)19(2)35)11-12-23(22)32(3)28(29)38/h6-12,15,18-19,24,26,34-35H,13-14,16-17H2,1-5H3,(H,31,37)/t18-,19-,24+,26-,29+/m0/s1. The molecule has 5 atom stereocenters. The Morgan fingerprint density at radius 1 is 1.23 bits per heavy atom. The minimum Gasteiger partial charge on any atom is -0.395 e. The minimum atomic E-state index is -3.48. The maximum atomic E-state index is 16.0. The Bertz CT molecular complexity index is 1270. The largest absolute Gasteiger partial charge is 0.395 e. The molecule has 1 fully saturated rings. The van der Waals surface area contributed by atoms with E-state index in [0.717, 1.165) is 5.56 Å². The average Bonchev–Trinajstić information content (AvgIpc) is 3.30. The van der Waals surface area contributed by atoms with Crippen LogP contribution in [0.3, 0.4) is 0 Å². The van der Waals surface area contributed by atoms with Crippen molar-refractivity contribution in [2.75, 3.05) is 30.4 Å². The number of halogens is 1. The van der Waals surface area contributed by atoms with E-state index in [9.17, 15) is 24.6 Å². The Morgan fingerprint density at radius 2 is 1.90 bits per heavy atom. The maximum absolute atomic E-state index is 16.0. The van der Waals surface area contributed by atoms with Gasteiger partial charge in [0.2, 0.25) is 14.3 Å². The van der Waals surface area contributed by atoms with Gasteiger partial charge in [-0.05, 0) is 43.8 Å². The van der Waals surface area contributed by atoms with E-state index in [1.807, 2.05) is 30.3 Å². The van der Waals surface area contributed by atoms with E-state index < -0.39 is 43.6 Å². The van der Waals surface area contributed by atoms with E-state index in [0.29, 0.717) is 16.9 Å². The first kappa shape index (κ1) is 29.8. The fourth-order valence-electron chi connectivity index (χ4n) is 6.20. The average molecular weight is 572 g/mol. The van der Waals surface area contributed by atoms with Crippen LogP contribution < -0.4 is 10.2 Å². The van der Waals surface area contributed by atoms with Crippen LogP contribution in [0.1, 0.15) is 31.4 Å². The van der Waals surface area contributed by atoms with Gasteiger partial charge in [0.25, 0.3) is 11.8 Å². The molecular formula is C29H38FN3O6Si. The summed E-state index contributed by atoms with van der Waals surface area (Å²) in [6.45, 7) is 6.43. The molecule has 2 aromatic carbocycles. The Hall–Kier alpha value is -3.12. The van der Waals surface area contributed by atoms with Gasteiger partial charge in [-0.3, -0.25) is 14.4 Å². The van der Waals surface area contributed by atoms with Gasteiger partial charge in [0, 0.05) is 42.8 Å². The molecule has 2 heterocycles. The molecule has 0 radical (unpaired) electrons. The zero-order valence-corrected chi connectivity index (χ0v) is 24.6. The molecule has 1 saturated heterocycles. The third-order valence-electron chi connectivity index (χ3n) is 8.05. The number of hydrogen-bond acceptors (Lipinski definition) is 6. The van der Waals surface area contributed by atoms with Gasteiger partial charge in [0.1, 0.15) is 6.10 Å². The summed E-state index contributed by atoms with van der Waals surface area (Å²) in [4.78, 5) is 42.6. The Morgan fingerprint density at radius 3 is 2.50 bits per heavy atom. The number of nitrogens with zero attached hydrogens (tertiary/aromatic N) is 2. The highest BCUT2D eigenvalue weighted by Gasteiger charge is 2.66. The Balaban J connectivity index is 1.70. The lowest BCUT2D eigenvalue weighted by molar-refractivity contribution is -0.149. The third kappa shape index (κ3) is 5.43. The lowest BCUT2D eigenvalue weighted by atomic mass is 9.82. The third-order valence-corrected chi connectivity index (χ3v) is 10.5. The molecule has 0 aliphatic carbocycles. The molecule has 3 N–H and O–H groups in total. The summed E-state index contributed by atoms with van der Waals surface area (Å²) in [5.41, 5.74) is 0.109. The van der Waals surface area contributed by atoms with E-state index in [1.54, 1.807) is 45.3 Å². The number of amides is 3. The molecule has 2 aliphatic rings. The van der Waals surface area contributed by atoms with Crippen LogP contribution in [0.15, 0.2) is 48.5 Å². The molecular weight excluding hydrogens is 533 g/mol. The first-order valence-electron chi connectivity index (χ1n) is 13.5. The summed E-state index contributed by atoms with van der Waals surface area (Å²) in [6, 6.07) is 14.3.